The molecule has 4 heteroatoms. The standard InChI is InChI=1S/C23H23NO3/c1-16(14-17-8-11-20(25)12-9-17)24-23(26)21-15-19(10-13-22(21)27-2)18-6-4-3-5-7-18/h3-13,15-16,25H,14H2,1-2H3,(H,24,26)/t16-/m0/s1. The summed E-state index contributed by atoms with van der Waals surface area (Å²) in [7, 11) is 1.56. The van der Waals surface area contributed by atoms with Crippen molar-refractivity contribution in [2.24, 2.45) is 0 Å². The number of amides is 1. The Morgan fingerprint density at radius 1 is 1.00 bits per heavy atom. The predicted octanol–water partition coefficient (Wildman–Crippen LogP) is 4.43. The van der Waals surface area contributed by atoms with E-state index in [0.717, 1.165) is 16.7 Å². The zero-order chi connectivity index (χ0) is 19.2. The Kier molecular flexibility index (Phi) is 5.77. The van der Waals surface area contributed by atoms with E-state index in [1.165, 1.54) is 0 Å². The minimum atomic E-state index is -0.170. The lowest BCUT2D eigenvalue weighted by Gasteiger charge is -2.16. The van der Waals surface area contributed by atoms with Gasteiger partial charge in [0, 0.05) is 6.04 Å². The molecule has 1 atom stereocenters. The van der Waals surface area contributed by atoms with Crippen molar-refractivity contribution in [2.75, 3.05) is 7.11 Å². The van der Waals surface area contributed by atoms with Gasteiger partial charge < -0.3 is 15.2 Å². The normalized spacial score (nSPS) is 11.6. The highest BCUT2D eigenvalue weighted by Crippen LogP contribution is 2.26. The summed E-state index contributed by atoms with van der Waals surface area (Å²) in [5.41, 5.74) is 3.57. The van der Waals surface area contributed by atoms with Crippen molar-refractivity contribution < 1.29 is 14.6 Å². The van der Waals surface area contributed by atoms with Crippen LogP contribution in [0.5, 0.6) is 11.5 Å². The maximum Gasteiger partial charge on any atom is 0.255 e. The molecule has 0 bridgehead atoms. The van der Waals surface area contributed by atoms with E-state index in [2.05, 4.69) is 5.32 Å². The molecule has 1 amide bonds. The number of methoxy groups -OCH3 is 1. The number of carbonyl (C=O) groups excluding carboxylic acids is 1. The summed E-state index contributed by atoms with van der Waals surface area (Å²) in [6.45, 7) is 1.96. The average Bonchev–Trinajstić information content (AvgIpc) is 2.70. The Morgan fingerprint density at radius 2 is 1.70 bits per heavy atom. The van der Waals surface area contributed by atoms with Gasteiger partial charge in [-0.25, -0.2) is 0 Å². The topological polar surface area (TPSA) is 58.6 Å². The first-order valence-electron chi connectivity index (χ1n) is 8.89. The van der Waals surface area contributed by atoms with Gasteiger partial charge in [-0.15, -0.1) is 0 Å². The van der Waals surface area contributed by atoms with Crippen molar-refractivity contribution in [2.45, 2.75) is 19.4 Å². The third kappa shape index (κ3) is 4.67. The zero-order valence-electron chi connectivity index (χ0n) is 15.5. The molecule has 2 N–H and O–H groups in total. The number of hydrogen-bond acceptors (Lipinski definition) is 3. The molecule has 0 aliphatic carbocycles. The number of phenolic OH excluding ortho intramolecular Hbond substituents is 1. The van der Waals surface area contributed by atoms with Crippen LogP contribution in [0, 0.1) is 0 Å². The van der Waals surface area contributed by atoms with Crippen molar-refractivity contribution in [1.82, 2.24) is 5.32 Å². The van der Waals surface area contributed by atoms with Crippen molar-refractivity contribution in [3.63, 3.8) is 0 Å². The second-order valence-corrected chi connectivity index (χ2v) is 6.53. The molecule has 0 aliphatic rings. The fourth-order valence-corrected chi connectivity index (χ4v) is 3.03. The molecule has 0 saturated heterocycles. The van der Waals surface area contributed by atoms with Crippen LogP contribution in [0.3, 0.4) is 0 Å². The molecule has 0 aliphatic heterocycles. The molecule has 4 nitrogen and oxygen atoms in total. The molecular formula is C23H23NO3. The molecule has 0 aromatic heterocycles. The second-order valence-electron chi connectivity index (χ2n) is 6.53. The number of rotatable bonds is 6. The van der Waals surface area contributed by atoms with E-state index in [4.69, 9.17) is 4.74 Å². The van der Waals surface area contributed by atoms with E-state index in [9.17, 15) is 9.90 Å². The molecule has 3 aromatic carbocycles. The summed E-state index contributed by atoms with van der Waals surface area (Å²) in [5.74, 6) is 0.609. The molecule has 0 fully saturated rings. The van der Waals surface area contributed by atoms with Crippen molar-refractivity contribution in [1.29, 1.82) is 0 Å². The van der Waals surface area contributed by atoms with Crippen molar-refractivity contribution in [3.8, 4) is 22.6 Å². The van der Waals surface area contributed by atoms with Crippen LogP contribution >= 0.6 is 0 Å². The average molecular weight is 361 g/mol. The van der Waals surface area contributed by atoms with E-state index in [1.807, 2.05) is 67.6 Å². The third-order valence-electron chi connectivity index (χ3n) is 4.41. The first-order chi connectivity index (χ1) is 13.1. The summed E-state index contributed by atoms with van der Waals surface area (Å²) in [6, 6.07) is 22.5. The van der Waals surface area contributed by atoms with Crippen molar-refractivity contribution >= 4 is 5.91 Å². The molecule has 0 unspecified atom stereocenters. The Labute approximate surface area is 159 Å². The first kappa shape index (κ1) is 18.5. The van der Waals surface area contributed by atoms with E-state index in [1.54, 1.807) is 19.2 Å². The van der Waals surface area contributed by atoms with Gasteiger partial charge in [-0.05, 0) is 54.3 Å². The maximum atomic E-state index is 12.8. The van der Waals surface area contributed by atoms with Crippen LogP contribution in [0.15, 0.2) is 72.8 Å². The van der Waals surface area contributed by atoms with Gasteiger partial charge in [0.15, 0.2) is 0 Å². The van der Waals surface area contributed by atoms with Gasteiger partial charge in [-0.2, -0.15) is 0 Å². The number of phenols is 1. The van der Waals surface area contributed by atoms with Crippen LogP contribution in [0.25, 0.3) is 11.1 Å². The first-order valence-corrected chi connectivity index (χ1v) is 8.89. The van der Waals surface area contributed by atoms with Crippen molar-refractivity contribution in [3.05, 3.63) is 83.9 Å². The smallest absolute Gasteiger partial charge is 0.255 e. The SMILES string of the molecule is COc1ccc(-c2ccccc2)cc1C(=O)N[C@@H](C)Cc1ccc(O)cc1. The van der Waals surface area contributed by atoms with E-state index in [-0.39, 0.29) is 17.7 Å². The summed E-state index contributed by atoms with van der Waals surface area (Å²) >= 11 is 0. The molecule has 0 saturated carbocycles. The van der Waals surface area contributed by atoms with Crippen LogP contribution in [0.1, 0.15) is 22.8 Å². The number of aromatic hydroxyl groups is 1. The lowest BCUT2D eigenvalue weighted by molar-refractivity contribution is 0.0937. The van der Waals surface area contributed by atoms with Crippen LogP contribution in [0.2, 0.25) is 0 Å². The van der Waals surface area contributed by atoms with Crippen LogP contribution in [-0.2, 0) is 6.42 Å². The predicted molar refractivity (Wildman–Crippen MR) is 107 cm³/mol. The highest BCUT2D eigenvalue weighted by atomic mass is 16.5. The van der Waals surface area contributed by atoms with Gasteiger partial charge in [0.25, 0.3) is 5.91 Å². The fourth-order valence-electron chi connectivity index (χ4n) is 3.03. The minimum absolute atomic E-state index is 0.0628. The monoisotopic (exact) mass is 361 g/mol. The molecule has 0 radical (unpaired) electrons. The van der Waals surface area contributed by atoms with E-state index < -0.39 is 0 Å². The second kappa shape index (κ2) is 8.41. The zero-order valence-corrected chi connectivity index (χ0v) is 15.5. The highest BCUT2D eigenvalue weighted by molar-refractivity contribution is 5.98. The van der Waals surface area contributed by atoms with Gasteiger partial charge in [0.2, 0.25) is 0 Å². The summed E-state index contributed by atoms with van der Waals surface area (Å²) in [4.78, 5) is 12.8. The van der Waals surface area contributed by atoms with E-state index >= 15 is 0 Å². The van der Waals surface area contributed by atoms with Gasteiger partial charge in [-0.1, -0.05) is 48.5 Å². The molecule has 27 heavy (non-hydrogen) atoms. The summed E-state index contributed by atoms with van der Waals surface area (Å²) < 4.78 is 5.38. The highest BCUT2D eigenvalue weighted by Gasteiger charge is 2.16. The van der Waals surface area contributed by atoms with Crippen LogP contribution in [-0.4, -0.2) is 24.2 Å². The molecule has 0 spiro atoms. The number of ether oxygens (including phenoxy) is 1. The number of carbonyl (C=O) groups is 1. The van der Waals surface area contributed by atoms with Gasteiger partial charge in [0.05, 0.1) is 12.7 Å². The number of hydrogen-bond donors (Lipinski definition) is 2. The quantitative estimate of drug-likeness (QED) is 0.683. The molecule has 0 heterocycles. The molecule has 3 aromatic rings. The Balaban J connectivity index is 1.77. The third-order valence-corrected chi connectivity index (χ3v) is 4.41. The lowest BCUT2D eigenvalue weighted by Crippen LogP contribution is -2.34. The Morgan fingerprint density at radius 3 is 2.37 bits per heavy atom. The van der Waals surface area contributed by atoms with Crippen LogP contribution < -0.4 is 10.1 Å². The largest absolute Gasteiger partial charge is 0.508 e. The number of nitrogens with one attached hydrogen (secondary N) is 1. The van der Waals surface area contributed by atoms with E-state index in [0.29, 0.717) is 17.7 Å². The minimum Gasteiger partial charge on any atom is -0.508 e. The Bertz CT molecular complexity index is 905. The Hall–Kier alpha value is -3.27. The fraction of sp³-hybridized carbons (Fsp3) is 0.174. The van der Waals surface area contributed by atoms with Gasteiger partial charge in [-0.3, -0.25) is 4.79 Å². The molecule has 138 valence electrons. The van der Waals surface area contributed by atoms with Gasteiger partial charge in [0.1, 0.15) is 11.5 Å². The maximum absolute atomic E-state index is 12.8. The summed E-state index contributed by atoms with van der Waals surface area (Å²) in [6.07, 6.45) is 0.673. The molecular weight excluding hydrogens is 338 g/mol. The summed E-state index contributed by atoms with van der Waals surface area (Å²) in [5, 5.41) is 12.4. The number of benzene rings is 3. The lowest BCUT2D eigenvalue weighted by atomic mass is 10.0. The van der Waals surface area contributed by atoms with Crippen LogP contribution in [0.4, 0.5) is 0 Å². The van der Waals surface area contributed by atoms with Gasteiger partial charge >= 0.3 is 0 Å². The molecule has 3 rings (SSSR count).